The molecule has 1 aliphatic heterocycles. The van der Waals surface area contributed by atoms with E-state index in [1.165, 1.54) is 18.2 Å². The van der Waals surface area contributed by atoms with Crippen LogP contribution in [0.5, 0.6) is 0 Å². The minimum Gasteiger partial charge on any atom is -0.469 e. The zero-order valence-corrected chi connectivity index (χ0v) is 11.7. The smallest absolute Gasteiger partial charge is 0.311 e. The highest BCUT2D eigenvalue weighted by Crippen LogP contribution is 2.22. The van der Waals surface area contributed by atoms with Gasteiger partial charge in [-0.3, -0.25) is 9.69 Å². The maximum atomic E-state index is 11.2. The normalized spacial score (nSPS) is 16.6. The van der Waals surface area contributed by atoms with Crippen LogP contribution in [0.3, 0.4) is 0 Å². The van der Waals surface area contributed by atoms with Crippen molar-refractivity contribution < 1.29 is 9.53 Å². The molecular weight excluding hydrogens is 282 g/mol. The summed E-state index contributed by atoms with van der Waals surface area (Å²) in [5, 5.41) is 0. The zero-order valence-electron chi connectivity index (χ0n) is 10.1. The Balaban J connectivity index is 1.87. The van der Waals surface area contributed by atoms with E-state index in [4.69, 9.17) is 4.74 Å². The van der Waals surface area contributed by atoms with E-state index in [0.29, 0.717) is 0 Å². The van der Waals surface area contributed by atoms with Crippen LogP contribution in [-0.2, 0) is 16.1 Å². The molecule has 1 aliphatic rings. The van der Waals surface area contributed by atoms with Crippen molar-refractivity contribution in [3.63, 3.8) is 0 Å². The molecule has 1 saturated heterocycles. The first-order valence-electron chi connectivity index (χ1n) is 5.65. The molecule has 1 heterocycles. The molecule has 1 aromatic carbocycles. The van der Waals surface area contributed by atoms with E-state index in [1.807, 2.05) is 0 Å². The molecule has 0 saturated carbocycles. The summed E-state index contributed by atoms with van der Waals surface area (Å²) >= 11 is 3.49. The molecule has 0 spiro atoms. The van der Waals surface area contributed by atoms with Gasteiger partial charge in [-0.05, 0) is 24.1 Å². The maximum Gasteiger partial charge on any atom is 0.311 e. The molecule has 0 aromatic heterocycles. The van der Waals surface area contributed by atoms with E-state index in [2.05, 4.69) is 46.0 Å². The Morgan fingerprint density at radius 2 is 2.24 bits per heavy atom. The quantitative estimate of drug-likeness (QED) is 0.802. The van der Waals surface area contributed by atoms with Crippen LogP contribution in [0.1, 0.15) is 11.1 Å². The van der Waals surface area contributed by atoms with Gasteiger partial charge in [0.15, 0.2) is 0 Å². The number of benzene rings is 1. The molecule has 0 amide bonds. The van der Waals surface area contributed by atoms with Crippen LogP contribution in [0.15, 0.2) is 22.7 Å². The molecule has 0 bridgehead atoms. The van der Waals surface area contributed by atoms with Crippen LogP contribution in [0.4, 0.5) is 0 Å². The first-order valence-corrected chi connectivity index (χ1v) is 6.44. The minimum atomic E-state index is -0.0896. The summed E-state index contributed by atoms with van der Waals surface area (Å²) in [6.07, 6.45) is 0. The van der Waals surface area contributed by atoms with Gasteiger partial charge in [0.1, 0.15) is 0 Å². The van der Waals surface area contributed by atoms with Crippen LogP contribution in [0, 0.1) is 12.8 Å². The molecular formula is C13H16BrNO2. The number of methoxy groups -OCH3 is 1. The fraction of sp³-hybridized carbons (Fsp3) is 0.462. The molecule has 3 nitrogen and oxygen atoms in total. The lowest BCUT2D eigenvalue weighted by Gasteiger charge is -2.37. The summed E-state index contributed by atoms with van der Waals surface area (Å²) in [4.78, 5) is 13.5. The van der Waals surface area contributed by atoms with Crippen LogP contribution in [0.25, 0.3) is 0 Å². The van der Waals surface area contributed by atoms with Crippen molar-refractivity contribution in [1.29, 1.82) is 0 Å². The second-order valence-corrected chi connectivity index (χ2v) is 5.35. The zero-order chi connectivity index (χ0) is 12.4. The molecule has 0 N–H and O–H groups in total. The van der Waals surface area contributed by atoms with Gasteiger partial charge in [-0.2, -0.15) is 0 Å². The van der Waals surface area contributed by atoms with E-state index in [1.54, 1.807) is 0 Å². The van der Waals surface area contributed by atoms with Crippen LogP contribution >= 0.6 is 15.9 Å². The molecule has 0 radical (unpaired) electrons. The Bertz CT molecular complexity index is 427. The van der Waals surface area contributed by atoms with Crippen LogP contribution < -0.4 is 0 Å². The summed E-state index contributed by atoms with van der Waals surface area (Å²) < 4.78 is 5.85. The van der Waals surface area contributed by atoms with Gasteiger partial charge in [-0.25, -0.2) is 0 Å². The summed E-state index contributed by atoms with van der Waals surface area (Å²) in [7, 11) is 1.45. The number of hydrogen-bond donors (Lipinski definition) is 0. The first-order chi connectivity index (χ1) is 8.10. The molecule has 17 heavy (non-hydrogen) atoms. The predicted molar refractivity (Wildman–Crippen MR) is 69.7 cm³/mol. The molecule has 0 unspecified atom stereocenters. The number of esters is 1. The predicted octanol–water partition coefficient (Wildman–Crippen LogP) is 2.36. The molecule has 2 rings (SSSR count). The second-order valence-electron chi connectivity index (χ2n) is 4.50. The molecule has 4 heteroatoms. The van der Waals surface area contributed by atoms with Gasteiger partial charge in [0, 0.05) is 24.1 Å². The van der Waals surface area contributed by atoms with Crippen molar-refractivity contribution >= 4 is 21.9 Å². The summed E-state index contributed by atoms with van der Waals surface area (Å²) in [6, 6.07) is 6.36. The maximum absolute atomic E-state index is 11.2. The van der Waals surface area contributed by atoms with Crippen molar-refractivity contribution in [3.05, 3.63) is 33.8 Å². The Morgan fingerprint density at radius 1 is 1.53 bits per heavy atom. The molecule has 92 valence electrons. The molecule has 1 fully saturated rings. The third-order valence-electron chi connectivity index (χ3n) is 3.12. The topological polar surface area (TPSA) is 29.5 Å². The van der Waals surface area contributed by atoms with E-state index >= 15 is 0 Å². The van der Waals surface area contributed by atoms with Crippen molar-refractivity contribution in [2.24, 2.45) is 5.92 Å². The van der Waals surface area contributed by atoms with Gasteiger partial charge in [0.2, 0.25) is 0 Å². The Kier molecular flexibility index (Phi) is 3.84. The van der Waals surface area contributed by atoms with Crippen molar-refractivity contribution in [2.45, 2.75) is 13.5 Å². The standard InChI is InChI=1S/C13H16BrNO2/c1-9-5-10(3-4-12(9)14)6-15-7-11(8-15)13(16)17-2/h3-5,11H,6-8H2,1-2H3. The minimum absolute atomic E-state index is 0.0662. The summed E-state index contributed by atoms with van der Waals surface area (Å²) in [5.74, 6) is -0.0234. The van der Waals surface area contributed by atoms with Gasteiger partial charge >= 0.3 is 5.97 Å². The number of ether oxygens (including phenoxy) is 1. The monoisotopic (exact) mass is 297 g/mol. The van der Waals surface area contributed by atoms with Gasteiger partial charge in [-0.1, -0.05) is 28.1 Å². The molecule has 1 aromatic rings. The summed E-state index contributed by atoms with van der Waals surface area (Å²) in [6.45, 7) is 4.60. The molecule has 0 aliphatic carbocycles. The van der Waals surface area contributed by atoms with Gasteiger partial charge < -0.3 is 4.74 Å². The van der Waals surface area contributed by atoms with E-state index in [-0.39, 0.29) is 11.9 Å². The third kappa shape index (κ3) is 2.87. The average molecular weight is 298 g/mol. The number of nitrogens with zero attached hydrogens (tertiary/aromatic N) is 1. The lowest BCUT2D eigenvalue weighted by Crippen LogP contribution is -2.49. The highest BCUT2D eigenvalue weighted by atomic mass is 79.9. The number of aryl methyl sites for hydroxylation is 1. The molecule has 0 atom stereocenters. The van der Waals surface area contributed by atoms with Crippen molar-refractivity contribution in [2.75, 3.05) is 20.2 Å². The van der Waals surface area contributed by atoms with Gasteiger partial charge in [-0.15, -0.1) is 0 Å². The Labute approximate surface area is 110 Å². The summed E-state index contributed by atoms with van der Waals surface area (Å²) in [5.41, 5.74) is 2.53. The van der Waals surface area contributed by atoms with Gasteiger partial charge in [0.25, 0.3) is 0 Å². The number of hydrogen-bond acceptors (Lipinski definition) is 3. The number of carbonyl (C=O) groups is 1. The highest BCUT2D eigenvalue weighted by Gasteiger charge is 2.33. The lowest BCUT2D eigenvalue weighted by molar-refractivity contribution is -0.151. The number of halogens is 1. The number of likely N-dealkylation sites (tertiary alicyclic amines) is 1. The lowest BCUT2D eigenvalue weighted by atomic mass is 9.99. The van der Waals surface area contributed by atoms with Crippen LogP contribution in [0.2, 0.25) is 0 Å². The van der Waals surface area contributed by atoms with Crippen molar-refractivity contribution in [3.8, 4) is 0 Å². The van der Waals surface area contributed by atoms with E-state index < -0.39 is 0 Å². The van der Waals surface area contributed by atoms with E-state index in [9.17, 15) is 4.79 Å². The van der Waals surface area contributed by atoms with E-state index in [0.717, 1.165) is 24.1 Å². The number of rotatable bonds is 3. The highest BCUT2D eigenvalue weighted by molar-refractivity contribution is 9.10. The average Bonchev–Trinajstić information content (AvgIpc) is 2.26. The first kappa shape index (κ1) is 12.6. The Hall–Kier alpha value is -0.870. The largest absolute Gasteiger partial charge is 0.469 e. The fourth-order valence-corrected chi connectivity index (χ4v) is 2.32. The van der Waals surface area contributed by atoms with Crippen molar-refractivity contribution in [1.82, 2.24) is 4.90 Å². The Morgan fingerprint density at radius 3 is 2.82 bits per heavy atom. The number of carbonyl (C=O) groups excluding carboxylic acids is 1. The second kappa shape index (κ2) is 5.19. The third-order valence-corrected chi connectivity index (χ3v) is 4.01. The van der Waals surface area contributed by atoms with Crippen LogP contribution in [-0.4, -0.2) is 31.1 Å². The fourth-order valence-electron chi connectivity index (χ4n) is 2.08. The SMILES string of the molecule is COC(=O)C1CN(Cc2ccc(Br)c(C)c2)C1. The van der Waals surface area contributed by atoms with Gasteiger partial charge in [0.05, 0.1) is 13.0 Å².